The van der Waals surface area contributed by atoms with Gasteiger partial charge in [0.2, 0.25) is 0 Å². The Bertz CT molecular complexity index is 142. The van der Waals surface area contributed by atoms with Crippen molar-refractivity contribution in [3.05, 3.63) is 0 Å². The van der Waals surface area contributed by atoms with Crippen LogP contribution in [0.2, 0.25) is 0 Å². The molecule has 1 rings (SSSR count). The Morgan fingerprint density at radius 1 is 1.67 bits per heavy atom. The van der Waals surface area contributed by atoms with E-state index in [1.807, 2.05) is 13.8 Å². The van der Waals surface area contributed by atoms with E-state index in [-0.39, 0.29) is 24.9 Å². The van der Waals surface area contributed by atoms with Crippen molar-refractivity contribution in [1.29, 1.82) is 0 Å². The van der Waals surface area contributed by atoms with Gasteiger partial charge in [0, 0.05) is 0 Å². The third-order valence-electron chi connectivity index (χ3n) is 1.97. The van der Waals surface area contributed by atoms with Crippen LogP contribution in [0.5, 0.6) is 0 Å². The van der Waals surface area contributed by atoms with Crippen LogP contribution < -0.4 is 0 Å². The van der Waals surface area contributed by atoms with Crippen LogP contribution in [0.3, 0.4) is 0 Å². The topological polar surface area (TPSA) is 62.2 Å². The average molecular weight is 176 g/mol. The number of aliphatic hydroxyl groups is 2. The van der Waals surface area contributed by atoms with E-state index in [0.29, 0.717) is 0 Å². The minimum Gasteiger partial charge on any atom is -0.394 e. The SMILES string of the molecule is CC(C)(OCC(O)CO)C1CO1. The molecule has 0 spiro atoms. The summed E-state index contributed by atoms with van der Waals surface area (Å²) >= 11 is 0. The lowest BCUT2D eigenvalue weighted by molar-refractivity contribution is -0.0815. The van der Waals surface area contributed by atoms with E-state index in [9.17, 15) is 0 Å². The summed E-state index contributed by atoms with van der Waals surface area (Å²) in [6.45, 7) is 4.44. The first kappa shape index (κ1) is 9.92. The molecule has 1 aliphatic rings. The van der Waals surface area contributed by atoms with Gasteiger partial charge in [-0.15, -0.1) is 0 Å². The molecule has 2 N–H and O–H groups in total. The Labute approximate surface area is 72.1 Å². The lowest BCUT2D eigenvalue weighted by Crippen LogP contribution is -2.35. The molecule has 1 aliphatic heterocycles. The lowest BCUT2D eigenvalue weighted by Gasteiger charge is -2.24. The molecule has 1 saturated heterocycles. The molecule has 2 atom stereocenters. The summed E-state index contributed by atoms with van der Waals surface area (Å²) in [4.78, 5) is 0. The summed E-state index contributed by atoms with van der Waals surface area (Å²) < 4.78 is 10.4. The molecule has 0 radical (unpaired) electrons. The Morgan fingerprint density at radius 2 is 2.25 bits per heavy atom. The fourth-order valence-electron chi connectivity index (χ4n) is 0.906. The number of epoxide rings is 1. The van der Waals surface area contributed by atoms with E-state index < -0.39 is 6.10 Å². The van der Waals surface area contributed by atoms with Crippen LogP contribution in [0.25, 0.3) is 0 Å². The number of aliphatic hydroxyl groups excluding tert-OH is 2. The third-order valence-corrected chi connectivity index (χ3v) is 1.97. The van der Waals surface area contributed by atoms with Crippen molar-refractivity contribution in [2.24, 2.45) is 0 Å². The molecule has 4 nitrogen and oxygen atoms in total. The maximum atomic E-state index is 9.01. The highest BCUT2D eigenvalue weighted by atomic mass is 16.6. The van der Waals surface area contributed by atoms with Crippen LogP contribution in [0.1, 0.15) is 13.8 Å². The summed E-state index contributed by atoms with van der Waals surface area (Å²) in [5, 5.41) is 17.5. The second kappa shape index (κ2) is 3.70. The molecule has 0 aromatic rings. The molecule has 4 heteroatoms. The third kappa shape index (κ3) is 2.71. The van der Waals surface area contributed by atoms with Crippen molar-refractivity contribution in [1.82, 2.24) is 0 Å². The fourth-order valence-corrected chi connectivity index (χ4v) is 0.906. The van der Waals surface area contributed by atoms with Gasteiger partial charge < -0.3 is 19.7 Å². The minimum absolute atomic E-state index is 0.142. The zero-order valence-corrected chi connectivity index (χ0v) is 7.49. The van der Waals surface area contributed by atoms with Crippen molar-refractivity contribution < 1.29 is 19.7 Å². The van der Waals surface area contributed by atoms with Gasteiger partial charge in [-0.25, -0.2) is 0 Å². The molecule has 0 amide bonds. The number of hydrogen-bond donors (Lipinski definition) is 2. The largest absolute Gasteiger partial charge is 0.394 e. The smallest absolute Gasteiger partial charge is 0.109 e. The van der Waals surface area contributed by atoms with E-state index in [1.54, 1.807) is 0 Å². The van der Waals surface area contributed by atoms with E-state index in [0.717, 1.165) is 6.61 Å². The summed E-state index contributed by atoms with van der Waals surface area (Å²) in [7, 11) is 0. The zero-order chi connectivity index (χ0) is 9.19. The second-order valence-corrected chi connectivity index (χ2v) is 3.57. The van der Waals surface area contributed by atoms with Crippen LogP contribution in [-0.2, 0) is 9.47 Å². The van der Waals surface area contributed by atoms with Crippen molar-refractivity contribution >= 4 is 0 Å². The number of hydrogen-bond acceptors (Lipinski definition) is 4. The van der Waals surface area contributed by atoms with Crippen LogP contribution >= 0.6 is 0 Å². The predicted octanol–water partition coefficient (Wildman–Crippen LogP) is -0.466. The summed E-state index contributed by atoms with van der Waals surface area (Å²) in [5.41, 5.74) is -0.351. The van der Waals surface area contributed by atoms with Crippen molar-refractivity contribution in [2.45, 2.75) is 31.7 Å². The van der Waals surface area contributed by atoms with Gasteiger partial charge >= 0.3 is 0 Å². The molecule has 1 heterocycles. The molecular weight excluding hydrogens is 160 g/mol. The van der Waals surface area contributed by atoms with Gasteiger partial charge in [0.1, 0.15) is 12.2 Å². The van der Waals surface area contributed by atoms with Crippen LogP contribution in [0.4, 0.5) is 0 Å². The second-order valence-electron chi connectivity index (χ2n) is 3.57. The molecular formula is C8H16O4. The molecule has 1 fully saturated rings. The number of ether oxygens (including phenoxy) is 2. The van der Waals surface area contributed by atoms with Gasteiger partial charge in [-0.1, -0.05) is 0 Å². The quantitative estimate of drug-likeness (QED) is 0.556. The Kier molecular flexibility index (Phi) is 3.06. The number of rotatable bonds is 5. The average Bonchev–Trinajstić information content (AvgIpc) is 2.82. The maximum Gasteiger partial charge on any atom is 0.109 e. The van der Waals surface area contributed by atoms with Crippen molar-refractivity contribution in [3.8, 4) is 0 Å². The van der Waals surface area contributed by atoms with E-state index in [2.05, 4.69) is 0 Å². The highest BCUT2D eigenvalue weighted by molar-refractivity contribution is 4.88. The standard InChI is InChI=1S/C8H16O4/c1-8(2,7-5-11-7)12-4-6(10)3-9/h6-7,9-10H,3-5H2,1-2H3. The Balaban J connectivity index is 2.20. The van der Waals surface area contributed by atoms with Crippen molar-refractivity contribution in [2.75, 3.05) is 19.8 Å². The molecule has 0 aromatic heterocycles. The van der Waals surface area contributed by atoms with Gasteiger partial charge in [0.05, 0.1) is 25.4 Å². The molecule has 72 valence electrons. The summed E-state index contributed by atoms with van der Waals surface area (Å²) in [6.07, 6.45) is -0.647. The van der Waals surface area contributed by atoms with Gasteiger partial charge in [0.15, 0.2) is 0 Å². The molecule has 12 heavy (non-hydrogen) atoms. The first-order valence-corrected chi connectivity index (χ1v) is 4.11. The van der Waals surface area contributed by atoms with Gasteiger partial charge in [-0.3, -0.25) is 0 Å². The monoisotopic (exact) mass is 176 g/mol. The van der Waals surface area contributed by atoms with Gasteiger partial charge in [0.25, 0.3) is 0 Å². The van der Waals surface area contributed by atoms with Gasteiger partial charge in [-0.05, 0) is 13.8 Å². The van der Waals surface area contributed by atoms with Crippen LogP contribution in [0.15, 0.2) is 0 Å². The van der Waals surface area contributed by atoms with E-state index >= 15 is 0 Å². The molecule has 0 bridgehead atoms. The zero-order valence-electron chi connectivity index (χ0n) is 7.49. The van der Waals surface area contributed by atoms with Crippen LogP contribution in [0, 0.1) is 0 Å². The Hall–Kier alpha value is -0.160. The highest BCUT2D eigenvalue weighted by Gasteiger charge is 2.40. The normalized spacial score (nSPS) is 25.5. The minimum atomic E-state index is -0.789. The molecule has 0 saturated carbocycles. The van der Waals surface area contributed by atoms with Crippen LogP contribution in [-0.4, -0.2) is 47.8 Å². The molecule has 0 aliphatic carbocycles. The summed E-state index contributed by atoms with van der Waals surface area (Å²) in [6, 6.07) is 0. The summed E-state index contributed by atoms with van der Waals surface area (Å²) in [5.74, 6) is 0. The first-order valence-electron chi connectivity index (χ1n) is 4.11. The first-order chi connectivity index (χ1) is 5.56. The molecule has 2 unspecified atom stereocenters. The van der Waals surface area contributed by atoms with E-state index in [1.165, 1.54) is 0 Å². The van der Waals surface area contributed by atoms with Gasteiger partial charge in [-0.2, -0.15) is 0 Å². The van der Waals surface area contributed by atoms with E-state index in [4.69, 9.17) is 19.7 Å². The highest BCUT2D eigenvalue weighted by Crippen LogP contribution is 2.27. The lowest BCUT2D eigenvalue weighted by atomic mass is 10.1. The van der Waals surface area contributed by atoms with Crippen molar-refractivity contribution in [3.63, 3.8) is 0 Å². The fraction of sp³-hybridized carbons (Fsp3) is 1.00. The Morgan fingerprint density at radius 3 is 2.67 bits per heavy atom. The maximum absolute atomic E-state index is 9.01. The predicted molar refractivity (Wildman–Crippen MR) is 42.9 cm³/mol. The molecule has 0 aromatic carbocycles.